The highest BCUT2D eigenvalue weighted by Crippen LogP contribution is 2.27. The van der Waals surface area contributed by atoms with Crippen molar-refractivity contribution >= 4 is 22.6 Å². The topological polar surface area (TPSA) is 75.0 Å². The minimum atomic E-state index is -1.31. The van der Waals surface area contributed by atoms with E-state index in [1.54, 1.807) is 17.7 Å². The first-order chi connectivity index (χ1) is 12.9. The summed E-state index contributed by atoms with van der Waals surface area (Å²) < 4.78 is 21.8. The van der Waals surface area contributed by atoms with Crippen molar-refractivity contribution in [2.75, 3.05) is 45.3 Å². The maximum absolute atomic E-state index is 14.9. The van der Waals surface area contributed by atoms with Crippen molar-refractivity contribution in [1.82, 2.24) is 9.47 Å². The van der Waals surface area contributed by atoms with E-state index in [1.165, 1.54) is 6.20 Å². The number of anilines is 1. The normalized spacial score (nSPS) is 18.2. The summed E-state index contributed by atoms with van der Waals surface area (Å²) in [4.78, 5) is 27.9. The van der Waals surface area contributed by atoms with Crippen LogP contribution in [-0.2, 0) is 11.3 Å². The van der Waals surface area contributed by atoms with Gasteiger partial charge in [-0.25, -0.2) is 9.18 Å². The van der Waals surface area contributed by atoms with Gasteiger partial charge in [0.25, 0.3) is 0 Å². The Morgan fingerprint density at radius 2 is 2.11 bits per heavy atom. The summed E-state index contributed by atoms with van der Waals surface area (Å²) in [5.74, 6) is -1.83. The molecule has 2 aromatic rings. The minimum Gasteiger partial charge on any atom is -0.477 e. The second-order valence-corrected chi connectivity index (χ2v) is 6.82. The fourth-order valence-corrected chi connectivity index (χ4v) is 3.59. The molecule has 1 aliphatic heterocycles. The van der Waals surface area contributed by atoms with E-state index in [2.05, 4.69) is 4.90 Å². The van der Waals surface area contributed by atoms with Gasteiger partial charge in [-0.1, -0.05) is 0 Å². The predicted octanol–water partition coefficient (Wildman–Crippen LogP) is 1.63. The first kappa shape index (κ1) is 19.3. The van der Waals surface area contributed by atoms with E-state index >= 15 is 0 Å². The molecule has 0 saturated carbocycles. The fraction of sp³-hybridized carbons (Fsp3) is 0.474. The van der Waals surface area contributed by atoms with E-state index in [9.17, 15) is 19.1 Å². The molecule has 0 amide bonds. The molecule has 1 fully saturated rings. The molecule has 27 heavy (non-hydrogen) atoms. The Balaban J connectivity index is 2.10. The molecule has 8 heteroatoms. The third-order valence-corrected chi connectivity index (χ3v) is 5.20. The zero-order valence-corrected chi connectivity index (χ0v) is 15.7. The second-order valence-electron chi connectivity index (χ2n) is 6.82. The Hall–Kier alpha value is -2.45. The average molecular weight is 377 g/mol. The van der Waals surface area contributed by atoms with Crippen LogP contribution >= 0.6 is 0 Å². The van der Waals surface area contributed by atoms with Crippen LogP contribution < -0.4 is 10.3 Å². The second kappa shape index (κ2) is 7.66. The van der Waals surface area contributed by atoms with Crippen molar-refractivity contribution in [1.29, 1.82) is 0 Å². The quantitative estimate of drug-likeness (QED) is 0.854. The number of hydrogen-bond acceptors (Lipinski definition) is 5. The van der Waals surface area contributed by atoms with Crippen LogP contribution in [0.25, 0.3) is 10.9 Å². The molecule has 2 heterocycles. The molecule has 7 nitrogen and oxygen atoms in total. The lowest BCUT2D eigenvalue weighted by Gasteiger charge is -2.40. The first-order valence-electron chi connectivity index (χ1n) is 8.91. The Labute approximate surface area is 156 Å². The van der Waals surface area contributed by atoms with Crippen LogP contribution in [-0.4, -0.2) is 67.0 Å². The first-order valence-corrected chi connectivity index (χ1v) is 8.91. The maximum Gasteiger partial charge on any atom is 0.341 e. The number of carboxylic acid groups (broad SMARTS) is 1. The van der Waals surface area contributed by atoms with Crippen molar-refractivity contribution in [3.05, 3.63) is 39.9 Å². The number of aryl methyl sites for hydroxylation is 1. The van der Waals surface area contributed by atoms with Crippen LogP contribution in [0.5, 0.6) is 0 Å². The molecule has 146 valence electrons. The van der Waals surface area contributed by atoms with Crippen LogP contribution in [0, 0.1) is 5.82 Å². The molecule has 0 spiro atoms. The molecule has 1 N–H and O–H groups in total. The molecule has 0 bridgehead atoms. The number of carbonyl (C=O) groups is 1. The number of carboxylic acids is 1. The van der Waals surface area contributed by atoms with Gasteiger partial charge in [0.2, 0.25) is 5.43 Å². The van der Waals surface area contributed by atoms with Crippen LogP contribution in [0.1, 0.15) is 17.3 Å². The van der Waals surface area contributed by atoms with E-state index in [0.29, 0.717) is 37.4 Å². The van der Waals surface area contributed by atoms with Gasteiger partial charge in [-0.2, -0.15) is 0 Å². The predicted molar refractivity (Wildman–Crippen MR) is 101 cm³/mol. The standard InChI is InChI=1S/C19H24FN3O4/c1-4-22-10-14(19(25)26)18(24)13-7-15(20)17(8-16(13)22)23-6-5-21(2)12(9-23)11-27-3/h7-8,10,12H,4-6,9,11H2,1-3H3,(H,25,26). The molecular weight excluding hydrogens is 353 g/mol. The zero-order valence-electron chi connectivity index (χ0n) is 15.7. The molecule has 1 saturated heterocycles. The van der Waals surface area contributed by atoms with Gasteiger partial charge < -0.3 is 19.3 Å². The number of pyridine rings is 1. The van der Waals surface area contributed by atoms with Gasteiger partial charge in [0, 0.05) is 44.9 Å². The number of methoxy groups -OCH3 is 1. The van der Waals surface area contributed by atoms with Gasteiger partial charge in [0.15, 0.2) is 0 Å². The van der Waals surface area contributed by atoms with Crippen molar-refractivity contribution in [3.8, 4) is 0 Å². The lowest BCUT2D eigenvalue weighted by molar-refractivity contribution is 0.0695. The van der Waals surface area contributed by atoms with E-state index < -0.39 is 17.2 Å². The number of aromatic nitrogens is 1. The van der Waals surface area contributed by atoms with Gasteiger partial charge in [-0.3, -0.25) is 9.69 Å². The minimum absolute atomic E-state index is 0.0839. The van der Waals surface area contributed by atoms with Crippen molar-refractivity contribution in [2.45, 2.75) is 19.5 Å². The number of ether oxygens (including phenoxy) is 1. The summed E-state index contributed by atoms with van der Waals surface area (Å²) in [6.07, 6.45) is 1.33. The van der Waals surface area contributed by atoms with Gasteiger partial charge in [-0.05, 0) is 26.1 Å². The molecule has 0 aliphatic carbocycles. The van der Waals surface area contributed by atoms with Gasteiger partial charge >= 0.3 is 5.97 Å². The molecule has 1 unspecified atom stereocenters. The van der Waals surface area contributed by atoms with Crippen molar-refractivity contribution < 1.29 is 19.0 Å². The summed E-state index contributed by atoms with van der Waals surface area (Å²) in [6.45, 7) is 4.90. The summed E-state index contributed by atoms with van der Waals surface area (Å²) in [5, 5.41) is 9.33. The fourth-order valence-electron chi connectivity index (χ4n) is 3.59. The van der Waals surface area contributed by atoms with Crippen LogP contribution in [0.4, 0.5) is 10.1 Å². The monoisotopic (exact) mass is 377 g/mol. The van der Waals surface area contributed by atoms with E-state index in [4.69, 9.17) is 4.74 Å². The summed E-state index contributed by atoms with van der Waals surface area (Å²) in [6, 6.07) is 2.95. The Morgan fingerprint density at radius 3 is 2.74 bits per heavy atom. The zero-order chi connectivity index (χ0) is 19.7. The summed E-state index contributed by atoms with van der Waals surface area (Å²) in [7, 11) is 3.66. The van der Waals surface area contributed by atoms with Gasteiger partial charge in [0.05, 0.1) is 23.9 Å². The van der Waals surface area contributed by atoms with Crippen molar-refractivity contribution in [3.63, 3.8) is 0 Å². The smallest absolute Gasteiger partial charge is 0.341 e. The number of nitrogens with zero attached hydrogens (tertiary/aromatic N) is 3. The number of piperazine rings is 1. The number of likely N-dealkylation sites (N-methyl/N-ethyl adjacent to an activating group) is 1. The van der Waals surface area contributed by atoms with E-state index in [1.807, 2.05) is 18.9 Å². The number of halogens is 1. The third kappa shape index (κ3) is 3.54. The SMILES string of the molecule is CCn1cc(C(=O)O)c(=O)c2cc(F)c(N3CCN(C)C(COC)C3)cc21. The van der Waals surface area contributed by atoms with E-state index in [-0.39, 0.29) is 17.0 Å². The highest BCUT2D eigenvalue weighted by Gasteiger charge is 2.27. The molecule has 1 aromatic heterocycles. The molecular formula is C19H24FN3O4. The Bertz CT molecular complexity index is 927. The number of hydrogen-bond donors (Lipinski definition) is 1. The summed E-state index contributed by atoms with van der Waals surface area (Å²) >= 11 is 0. The van der Waals surface area contributed by atoms with Crippen LogP contribution in [0.15, 0.2) is 23.1 Å². The number of aromatic carboxylic acids is 1. The van der Waals surface area contributed by atoms with Gasteiger partial charge in [-0.15, -0.1) is 0 Å². The lowest BCUT2D eigenvalue weighted by atomic mass is 10.1. The number of fused-ring (bicyclic) bond motifs is 1. The molecule has 1 atom stereocenters. The largest absolute Gasteiger partial charge is 0.477 e. The molecule has 1 aromatic carbocycles. The number of rotatable bonds is 5. The third-order valence-electron chi connectivity index (χ3n) is 5.20. The Kier molecular flexibility index (Phi) is 5.48. The Morgan fingerprint density at radius 1 is 1.37 bits per heavy atom. The highest BCUT2D eigenvalue weighted by atomic mass is 19.1. The molecule has 1 aliphatic rings. The lowest BCUT2D eigenvalue weighted by Crippen LogP contribution is -2.53. The van der Waals surface area contributed by atoms with Crippen LogP contribution in [0.3, 0.4) is 0 Å². The molecule has 0 radical (unpaired) electrons. The summed E-state index contributed by atoms with van der Waals surface area (Å²) in [5.41, 5.74) is -0.0629. The molecule has 3 rings (SSSR count). The van der Waals surface area contributed by atoms with Gasteiger partial charge in [0.1, 0.15) is 11.4 Å². The number of benzene rings is 1. The highest BCUT2D eigenvalue weighted by molar-refractivity contribution is 5.93. The van der Waals surface area contributed by atoms with Crippen molar-refractivity contribution in [2.24, 2.45) is 0 Å². The van der Waals surface area contributed by atoms with Crippen LogP contribution in [0.2, 0.25) is 0 Å². The maximum atomic E-state index is 14.9. The average Bonchev–Trinajstić information content (AvgIpc) is 2.64. The van der Waals surface area contributed by atoms with E-state index in [0.717, 1.165) is 12.6 Å².